The molecule has 0 fully saturated rings. The van der Waals surface area contributed by atoms with Crippen molar-refractivity contribution in [2.45, 2.75) is 13.5 Å². The molecule has 0 atom stereocenters. The van der Waals surface area contributed by atoms with E-state index in [1.165, 1.54) is 12.1 Å². The molecule has 0 aliphatic heterocycles. The molecule has 0 unspecified atom stereocenters. The molecule has 0 saturated carbocycles. The number of rotatable bonds is 3. The highest BCUT2D eigenvalue weighted by atomic mass is 16.6. The van der Waals surface area contributed by atoms with E-state index in [1.54, 1.807) is 25.4 Å². The summed E-state index contributed by atoms with van der Waals surface area (Å²) in [5.74, 6) is -0.280. The van der Waals surface area contributed by atoms with Crippen LogP contribution in [0.3, 0.4) is 0 Å². The Balaban J connectivity index is 2.47. The van der Waals surface area contributed by atoms with E-state index >= 15 is 0 Å². The zero-order valence-corrected chi connectivity index (χ0v) is 12.2. The van der Waals surface area contributed by atoms with Gasteiger partial charge >= 0.3 is 0 Å². The molecular weight excluding hydrogens is 284 g/mol. The fourth-order valence-electron chi connectivity index (χ4n) is 2.77. The number of non-ortho nitro benzene ring substituents is 1. The van der Waals surface area contributed by atoms with Crippen molar-refractivity contribution in [3.63, 3.8) is 0 Å². The molecule has 0 bridgehead atoms. The second-order valence-electron chi connectivity index (χ2n) is 4.84. The van der Waals surface area contributed by atoms with Crippen LogP contribution >= 0.6 is 0 Å². The van der Waals surface area contributed by atoms with E-state index in [0.29, 0.717) is 17.8 Å². The average Bonchev–Trinajstić information content (AvgIpc) is 2.86. The minimum Gasteiger partial charge on any atom is -0.354 e. The first-order chi connectivity index (χ1) is 10.6. The van der Waals surface area contributed by atoms with E-state index in [1.807, 2.05) is 11.5 Å². The number of fused-ring (bicyclic) bond motifs is 3. The molecular formula is C15H14N4O3. The van der Waals surface area contributed by atoms with Crippen molar-refractivity contribution in [2.24, 2.45) is 0 Å². The van der Waals surface area contributed by atoms with Gasteiger partial charge in [-0.1, -0.05) is 0 Å². The van der Waals surface area contributed by atoms with Gasteiger partial charge in [0.15, 0.2) is 5.69 Å². The molecule has 0 aliphatic rings. The Bertz CT molecular complexity index is 914. The average molecular weight is 298 g/mol. The number of nitrogens with one attached hydrogen (secondary N) is 1. The number of benzene rings is 1. The van der Waals surface area contributed by atoms with E-state index in [-0.39, 0.29) is 11.6 Å². The monoisotopic (exact) mass is 298 g/mol. The highest BCUT2D eigenvalue weighted by molar-refractivity contribution is 6.14. The largest absolute Gasteiger partial charge is 0.354 e. The highest BCUT2D eigenvalue weighted by Crippen LogP contribution is 2.32. The van der Waals surface area contributed by atoms with Gasteiger partial charge in [0, 0.05) is 48.2 Å². The van der Waals surface area contributed by atoms with Crippen LogP contribution in [0.2, 0.25) is 0 Å². The number of carbonyl (C=O) groups excluding carboxylic acids is 1. The Hall–Kier alpha value is -2.96. The fourth-order valence-corrected chi connectivity index (χ4v) is 2.77. The van der Waals surface area contributed by atoms with Gasteiger partial charge in [-0.05, 0) is 19.1 Å². The number of hydrogen-bond donors (Lipinski definition) is 1. The van der Waals surface area contributed by atoms with Crippen LogP contribution in [0.15, 0.2) is 30.5 Å². The minimum atomic E-state index is -0.421. The zero-order valence-electron chi connectivity index (χ0n) is 12.2. The quantitative estimate of drug-likeness (QED) is 0.594. The number of pyridine rings is 1. The van der Waals surface area contributed by atoms with Gasteiger partial charge in [0.05, 0.1) is 10.4 Å². The standard InChI is InChI=1S/C15H14N4O3/c1-3-18-12-5-4-9(19(21)22)8-11(12)10-6-7-17-13(14(10)18)15(20)16-2/h4-8H,3H2,1-2H3,(H,16,20). The van der Waals surface area contributed by atoms with Crippen LogP contribution in [0, 0.1) is 10.1 Å². The lowest BCUT2D eigenvalue weighted by Gasteiger charge is -2.06. The zero-order chi connectivity index (χ0) is 15.9. The molecule has 1 amide bonds. The number of aromatic nitrogens is 2. The Morgan fingerprint density at radius 2 is 2.14 bits per heavy atom. The van der Waals surface area contributed by atoms with E-state index in [2.05, 4.69) is 10.3 Å². The number of amides is 1. The number of carbonyl (C=O) groups is 1. The van der Waals surface area contributed by atoms with Gasteiger partial charge < -0.3 is 9.88 Å². The molecule has 7 nitrogen and oxygen atoms in total. The van der Waals surface area contributed by atoms with Crippen molar-refractivity contribution in [1.29, 1.82) is 0 Å². The summed E-state index contributed by atoms with van der Waals surface area (Å²) in [6, 6.07) is 6.50. The van der Waals surface area contributed by atoms with Crippen LogP contribution in [0.25, 0.3) is 21.8 Å². The summed E-state index contributed by atoms with van der Waals surface area (Å²) in [4.78, 5) is 26.8. The normalized spacial score (nSPS) is 11.0. The Labute approximate surface area is 125 Å². The Kier molecular flexibility index (Phi) is 3.25. The summed E-state index contributed by atoms with van der Waals surface area (Å²) in [6.45, 7) is 2.59. The van der Waals surface area contributed by atoms with Gasteiger partial charge in [-0.15, -0.1) is 0 Å². The fraction of sp³-hybridized carbons (Fsp3) is 0.200. The van der Waals surface area contributed by atoms with E-state index in [4.69, 9.17) is 0 Å². The summed E-state index contributed by atoms with van der Waals surface area (Å²) in [5.41, 5.74) is 1.89. The highest BCUT2D eigenvalue weighted by Gasteiger charge is 2.19. The number of nitrogens with zero attached hydrogens (tertiary/aromatic N) is 3. The minimum absolute atomic E-state index is 0.0287. The maximum atomic E-state index is 12.1. The summed E-state index contributed by atoms with van der Waals surface area (Å²) in [6.07, 6.45) is 1.55. The maximum Gasteiger partial charge on any atom is 0.271 e. The Morgan fingerprint density at radius 1 is 1.36 bits per heavy atom. The van der Waals surface area contributed by atoms with Gasteiger partial charge in [0.25, 0.3) is 11.6 Å². The van der Waals surface area contributed by atoms with Crippen molar-refractivity contribution >= 4 is 33.4 Å². The molecule has 1 aromatic carbocycles. The predicted molar refractivity (Wildman–Crippen MR) is 83.0 cm³/mol. The van der Waals surface area contributed by atoms with Crippen LogP contribution in [0.1, 0.15) is 17.4 Å². The molecule has 1 N–H and O–H groups in total. The van der Waals surface area contributed by atoms with Gasteiger partial charge in [0.1, 0.15) is 0 Å². The molecule has 2 heterocycles. The van der Waals surface area contributed by atoms with Gasteiger partial charge in [-0.25, -0.2) is 4.98 Å². The molecule has 3 rings (SSSR count). The van der Waals surface area contributed by atoms with Crippen molar-refractivity contribution in [2.75, 3.05) is 7.05 Å². The summed E-state index contributed by atoms with van der Waals surface area (Å²) >= 11 is 0. The Morgan fingerprint density at radius 3 is 2.77 bits per heavy atom. The molecule has 0 radical (unpaired) electrons. The summed E-state index contributed by atoms with van der Waals surface area (Å²) in [7, 11) is 1.55. The predicted octanol–water partition coefficient (Wildman–Crippen LogP) is 2.48. The first-order valence-electron chi connectivity index (χ1n) is 6.86. The first kappa shape index (κ1) is 14.0. The number of nitro groups is 1. The molecule has 0 aliphatic carbocycles. The summed E-state index contributed by atoms with van der Waals surface area (Å²) in [5, 5.41) is 15.1. The third-order valence-electron chi connectivity index (χ3n) is 3.72. The smallest absolute Gasteiger partial charge is 0.271 e. The second-order valence-corrected chi connectivity index (χ2v) is 4.84. The molecule has 112 valence electrons. The van der Waals surface area contributed by atoms with E-state index in [9.17, 15) is 14.9 Å². The topological polar surface area (TPSA) is 90.1 Å². The van der Waals surface area contributed by atoms with Crippen LogP contribution in [-0.2, 0) is 6.54 Å². The van der Waals surface area contributed by atoms with Crippen LogP contribution in [0.5, 0.6) is 0 Å². The van der Waals surface area contributed by atoms with Gasteiger partial charge in [-0.3, -0.25) is 14.9 Å². The number of nitro benzene ring substituents is 1. The van der Waals surface area contributed by atoms with Crippen LogP contribution in [0.4, 0.5) is 5.69 Å². The van der Waals surface area contributed by atoms with Crippen molar-refractivity contribution in [3.05, 3.63) is 46.3 Å². The lowest BCUT2D eigenvalue weighted by Crippen LogP contribution is -2.20. The molecule has 22 heavy (non-hydrogen) atoms. The van der Waals surface area contributed by atoms with Crippen LogP contribution in [-0.4, -0.2) is 27.4 Å². The molecule has 7 heteroatoms. The third kappa shape index (κ3) is 1.90. The lowest BCUT2D eigenvalue weighted by atomic mass is 10.1. The lowest BCUT2D eigenvalue weighted by molar-refractivity contribution is -0.384. The molecule has 0 spiro atoms. The molecule has 2 aromatic heterocycles. The van der Waals surface area contributed by atoms with Crippen LogP contribution < -0.4 is 5.32 Å². The van der Waals surface area contributed by atoms with Gasteiger partial charge in [-0.2, -0.15) is 0 Å². The van der Waals surface area contributed by atoms with Crippen molar-refractivity contribution < 1.29 is 9.72 Å². The number of hydrogen-bond acceptors (Lipinski definition) is 4. The molecule has 0 saturated heterocycles. The summed E-state index contributed by atoms with van der Waals surface area (Å²) < 4.78 is 1.95. The van der Waals surface area contributed by atoms with E-state index < -0.39 is 4.92 Å². The van der Waals surface area contributed by atoms with Crippen molar-refractivity contribution in [1.82, 2.24) is 14.9 Å². The second kappa shape index (κ2) is 5.10. The molecule has 3 aromatic rings. The third-order valence-corrected chi connectivity index (χ3v) is 3.72. The van der Waals surface area contributed by atoms with Crippen molar-refractivity contribution in [3.8, 4) is 0 Å². The first-order valence-corrected chi connectivity index (χ1v) is 6.86. The number of aryl methyl sites for hydroxylation is 1. The van der Waals surface area contributed by atoms with Gasteiger partial charge in [0.2, 0.25) is 0 Å². The van der Waals surface area contributed by atoms with E-state index in [0.717, 1.165) is 16.3 Å². The SMILES string of the molecule is CCn1c2ccc([N+](=O)[O-])cc2c2ccnc(C(=O)NC)c21. The maximum absolute atomic E-state index is 12.1.